The lowest BCUT2D eigenvalue weighted by Gasteiger charge is -2.34. The van der Waals surface area contributed by atoms with Gasteiger partial charge in [-0.25, -0.2) is 4.98 Å². The molecule has 2 amide bonds. The number of quaternary nitrogens is 1. The molecule has 30 heavy (non-hydrogen) atoms. The quantitative estimate of drug-likeness (QED) is 0.659. The molecule has 1 aromatic heterocycles. The number of anilines is 1. The first-order chi connectivity index (χ1) is 14.5. The Hall–Kier alpha value is -2.77. The van der Waals surface area contributed by atoms with Crippen molar-refractivity contribution in [3.05, 3.63) is 59.1 Å². The Morgan fingerprint density at radius 2 is 1.83 bits per heavy atom. The monoisotopic (exact) mass is 423 g/mol. The minimum absolute atomic E-state index is 0.0141. The summed E-state index contributed by atoms with van der Waals surface area (Å²) in [4.78, 5) is 31.9. The summed E-state index contributed by atoms with van der Waals surface area (Å²) in [5.74, 6) is 0.122. The van der Waals surface area contributed by atoms with E-state index in [1.807, 2.05) is 54.3 Å². The van der Waals surface area contributed by atoms with Gasteiger partial charge in [-0.1, -0.05) is 24.3 Å². The highest BCUT2D eigenvalue weighted by Gasteiger charge is 2.29. The number of carbonyl (C=O) groups excluding carboxylic acids is 2. The van der Waals surface area contributed by atoms with Crippen molar-refractivity contribution in [3.63, 3.8) is 0 Å². The van der Waals surface area contributed by atoms with Crippen LogP contribution in [0, 0.1) is 0 Å². The fourth-order valence-electron chi connectivity index (χ4n) is 3.85. The Morgan fingerprint density at radius 1 is 1.13 bits per heavy atom. The molecule has 1 aliphatic rings. The predicted octanol–water partition coefficient (Wildman–Crippen LogP) is 1.96. The molecule has 156 valence electrons. The van der Waals surface area contributed by atoms with E-state index in [2.05, 4.69) is 11.4 Å². The molecule has 0 spiro atoms. The number of aromatic nitrogens is 1. The van der Waals surface area contributed by atoms with Crippen LogP contribution in [0.4, 0.5) is 5.69 Å². The number of carbonyl (C=O) groups is 2. The van der Waals surface area contributed by atoms with Crippen molar-refractivity contribution in [1.29, 1.82) is 0 Å². The summed E-state index contributed by atoms with van der Waals surface area (Å²) in [7, 11) is 0. The molecule has 4 rings (SSSR count). The summed E-state index contributed by atoms with van der Waals surface area (Å²) in [6.45, 7) is 6.58. The van der Waals surface area contributed by atoms with Gasteiger partial charge in [-0.3, -0.25) is 9.59 Å². The summed E-state index contributed by atoms with van der Waals surface area (Å²) in [6.07, 6.45) is 0.786. The van der Waals surface area contributed by atoms with Gasteiger partial charge in [0.2, 0.25) is 5.91 Å². The van der Waals surface area contributed by atoms with Gasteiger partial charge in [0.15, 0.2) is 6.04 Å². The van der Waals surface area contributed by atoms with Crippen LogP contribution >= 0.6 is 11.3 Å². The fraction of sp³-hybridized carbons (Fsp3) is 0.348. The standard InChI is InChI=1S/C23H26N4O2S/c1-16(26-11-13-27(14-12-26)17(2)28)23(29)24-19-9-7-18(8-10-19)15-22-25-20-5-3-4-6-21(20)30-22/h3-10,16H,11-15H2,1-2H3,(H,24,29)/p+1/t16-/m1/s1. The molecule has 7 heteroatoms. The third kappa shape index (κ3) is 4.68. The number of amides is 2. The maximum absolute atomic E-state index is 12.7. The van der Waals surface area contributed by atoms with Crippen molar-refractivity contribution < 1.29 is 14.5 Å². The molecule has 2 N–H and O–H groups in total. The summed E-state index contributed by atoms with van der Waals surface area (Å²) in [5.41, 5.74) is 3.02. The molecule has 2 heterocycles. The zero-order valence-corrected chi connectivity index (χ0v) is 18.2. The van der Waals surface area contributed by atoms with E-state index >= 15 is 0 Å². The minimum atomic E-state index is -0.151. The van der Waals surface area contributed by atoms with Crippen LogP contribution in [0.5, 0.6) is 0 Å². The maximum atomic E-state index is 12.7. The van der Waals surface area contributed by atoms with Gasteiger partial charge in [0.1, 0.15) is 0 Å². The number of hydrogen-bond donors (Lipinski definition) is 2. The first-order valence-electron chi connectivity index (χ1n) is 10.3. The molecule has 1 fully saturated rings. The van der Waals surface area contributed by atoms with Crippen LogP contribution in [-0.4, -0.2) is 53.9 Å². The second-order valence-electron chi connectivity index (χ2n) is 7.82. The fourth-order valence-corrected chi connectivity index (χ4v) is 4.86. The van der Waals surface area contributed by atoms with Crippen LogP contribution in [0.25, 0.3) is 10.2 Å². The van der Waals surface area contributed by atoms with E-state index in [-0.39, 0.29) is 17.9 Å². The zero-order chi connectivity index (χ0) is 21.1. The molecular formula is C23H27N4O2S+. The summed E-state index contributed by atoms with van der Waals surface area (Å²) < 4.78 is 1.21. The van der Waals surface area contributed by atoms with Crippen molar-refractivity contribution in [2.75, 3.05) is 31.5 Å². The van der Waals surface area contributed by atoms with Gasteiger partial charge in [-0.2, -0.15) is 0 Å². The van der Waals surface area contributed by atoms with Gasteiger partial charge >= 0.3 is 0 Å². The highest BCUT2D eigenvalue weighted by atomic mass is 32.1. The number of rotatable bonds is 5. The van der Waals surface area contributed by atoms with Gasteiger partial charge < -0.3 is 15.1 Å². The molecule has 6 nitrogen and oxygen atoms in total. The first-order valence-corrected chi connectivity index (χ1v) is 11.2. The Bertz CT molecular complexity index is 1010. The number of nitrogens with one attached hydrogen (secondary N) is 2. The SMILES string of the molecule is CC(=O)N1CC[NH+]([C@H](C)C(=O)Nc2ccc(Cc3nc4ccccc4s3)cc2)CC1. The van der Waals surface area contributed by atoms with E-state index < -0.39 is 0 Å². The van der Waals surface area contributed by atoms with Crippen molar-refractivity contribution >= 4 is 39.1 Å². The van der Waals surface area contributed by atoms with Gasteiger partial charge in [0.05, 0.1) is 41.4 Å². The number of hydrogen-bond acceptors (Lipinski definition) is 4. The van der Waals surface area contributed by atoms with Gasteiger partial charge in [-0.15, -0.1) is 11.3 Å². The van der Waals surface area contributed by atoms with E-state index in [0.717, 1.165) is 35.7 Å². The number of nitrogens with zero attached hydrogens (tertiary/aromatic N) is 2. The van der Waals surface area contributed by atoms with E-state index in [4.69, 9.17) is 4.98 Å². The second-order valence-corrected chi connectivity index (χ2v) is 8.94. The van der Waals surface area contributed by atoms with Crippen LogP contribution < -0.4 is 10.2 Å². The van der Waals surface area contributed by atoms with Crippen LogP contribution in [0.2, 0.25) is 0 Å². The smallest absolute Gasteiger partial charge is 0.282 e. The largest absolute Gasteiger partial charge is 0.332 e. The Morgan fingerprint density at radius 3 is 2.50 bits per heavy atom. The highest BCUT2D eigenvalue weighted by Crippen LogP contribution is 2.24. The van der Waals surface area contributed by atoms with E-state index in [9.17, 15) is 9.59 Å². The Balaban J connectivity index is 1.32. The molecule has 1 atom stereocenters. The normalized spacial score (nSPS) is 15.9. The predicted molar refractivity (Wildman–Crippen MR) is 120 cm³/mol. The third-order valence-corrected chi connectivity index (χ3v) is 6.81. The molecule has 0 unspecified atom stereocenters. The zero-order valence-electron chi connectivity index (χ0n) is 17.4. The van der Waals surface area contributed by atoms with Crippen LogP contribution in [0.3, 0.4) is 0 Å². The molecule has 3 aromatic rings. The highest BCUT2D eigenvalue weighted by molar-refractivity contribution is 7.18. The molecule has 1 aliphatic heterocycles. The lowest BCUT2D eigenvalue weighted by Crippen LogP contribution is -3.19. The summed E-state index contributed by atoms with van der Waals surface area (Å²) >= 11 is 1.72. The lowest BCUT2D eigenvalue weighted by molar-refractivity contribution is -0.917. The molecule has 1 saturated heterocycles. The van der Waals surface area contributed by atoms with Gasteiger partial charge in [0.25, 0.3) is 5.91 Å². The van der Waals surface area contributed by atoms with E-state index in [1.54, 1.807) is 18.3 Å². The van der Waals surface area contributed by atoms with Crippen molar-refractivity contribution in [2.45, 2.75) is 26.3 Å². The topological polar surface area (TPSA) is 66.7 Å². The second kappa shape index (κ2) is 8.93. The average molecular weight is 424 g/mol. The van der Waals surface area contributed by atoms with Gasteiger partial charge in [0, 0.05) is 19.0 Å². The van der Waals surface area contributed by atoms with Gasteiger partial charge in [-0.05, 0) is 36.8 Å². The first kappa shape index (κ1) is 20.5. The number of piperazine rings is 1. The summed E-state index contributed by atoms with van der Waals surface area (Å²) in [5, 5.41) is 4.12. The number of fused-ring (bicyclic) bond motifs is 1. The molecular weight excluding hydrogens is 396 g/mol. The van der Waals surface area contributed by atoms with E-state index in [0.29, 0.717) is 13.1 Å². The van der Waals surface area contributed by atoms with Crippen LogP contribution in [0.15, 0.2) is 48.5 Å². The third-order valence-electron chi connectivity index (χ3n) is 5.77. The van der Waals surface area contributed by atoms with Crippen molar-refractivity contribution in [2.24, 2.45) is 0 Å². The molecule has 0 radical (unpaired) electrons. The molecule has 0 aliphatic carbocycles. The van der Waals surface area contributed by atoms with Crippen molar-refractivity contribution in [1.82, 2.24) is 9.88 Å². The molecule has 0 saturated carbocycles. The van der Waals surface area contributed by atoms with Crippen molar-refractivity contribution in [3.8, 4) is 0 Å². The molecule has 0 bridgehead atoms. The van der Waals surface area contributed by atoms with E-state index in [1.165, 1.54) is 15.2 Å². The number of thiazole rings is 1. The minimum Gasteiger partial charge on any atom is -0.332 e. The summed E-state index contributed by atoms with van der Waals surface area (Å²) in [6, 6.07) is 16.0. The van der Waals surface area contributed by atoms with Crippen LogP contribution in [0.1, 0.15) is 24.4 Å². The lowest BCUT2D eigenvalue weighted by atomic mass is 10.1. The number of benzene rings is 2. The molecule has 2 aromatic carbocycles. The van der Waals surface area contributed by atoms with Crippen LogP contribution in [-0.2, 0) is 16.0 Å². The Labute approximate surface area is 180 Å². The maximum Gasteiger partial charge on any atom is 0.282 e. The average Bonchev–Trinajstić information content (AvgIpc) is 3.17. The Kier molecular flexibility index (Phi) is 6.11. The number of para-hydroxylation sites is 1.